The molecule has 1 N–H and O–H groups in total. The Balaban J connectivity index is 2.04. The molecule has 0 atom stereocenters. The Bertz CT molecular complexity index is 1010. The Kier molecular flexibility index (Phi) is 4.90. The monoisotopic (exact) mass is 380 g/mol. The van der Waals surface area contributed by atoms with Crippen molar-refractivity contribution in [2.75, 3.05) is 23.9 Å². The van der Waals surface area contributed by atoms with Crippen molar-refractivity contribution in [2.24, 2.45) is 0 Å². The van der Waals surface area contributed by atoms with Crippen LogP contribution in [-0.4, -0.2) is 36.9 Å². The normalized spacial score (nSPS) is 15.6. The summed E-state index contributed by atoms with van der Waals surface area (Å²) in [7, 11) is 3.34. The number of nitrogens with zero attached hydrogens (tertiary/aromatic N) is 3. The van der Waals surface area contributed by atoms with Crippen LogP contribution < -0.4 is 15.1 Å². The smallest absolute Gasteiger partial charge is 0.335 e. The van der Waals surface area contributed by atoms with E-state index in [0.717, 1.165) is 4.90 Å². The summed E-state index contributed by atoms with van der Waals surface area (Å²) in [5, 5.41) is 13.5. The minimum Gasteiger partial charge on any atom is -0.372 e. The summed E-state index contributed by atoms with van der Waals surface area (Å²) in [5.74, 6) is -1.67. The minimum atomic E-state index is -0.860. The van der Waals surface area contributed by atoms with Crippen molar-refractivity contribution in [1.82, 2.24) is 5.32 Å². The summed E-state index contributed by atoms with van der Waals surface area (Å²) in [4.78, 5) is 50.3. The lowest BCUT2D eigenvalue weighted by atomic mass is 10.1. The lowest BCUT2D eigenvalue weighted by molar-refractivity contribution is -0.384. The second-order valence-electron chi connectivity index (χ2n) is 6.19. The summed E-state index contributed by atoms with van der Waals surface area (Å²) in [5.41, 5.74) is 0.512. The van der Waals surface area contributed by atoms with E-state index in [2.05, 4.69) is 5.32 Å². The van der Waals surface area contributed by atoms with Crippen LogP contribution in [0.1, 0.15) is 5.56 Å². The van der Waals surface area contributed by atoms with Gasteiger partial charge in [0.15, 0.2) is 0 Å². The molecule has 0 aromatic heterocycles. The van der Waals surface area contributed by atoms with Crippen LogP contribution in [-0.2, 0) is 9.59 Å². The van der Waals surface area contributed by atoms with Crippen LogP contribution >= 0.6 is 0 Å². The molecule has 0 radical (unpaired) electrons. The van der Waals surface area contributed by atoms with E-state index < -0.39 is 22.8 Å². The van der Waals surface area contributed by atoms with Crippen molar-refractivity contribution >= 4 is 41.0 Å². The van der Waals surface area contributed by atoms with Gasteiger partial charge in [0.25, 0.3) is 17.5 Å². The van der Waals surface area contributed by atoms with Crippen molar-refractivity contribution in [3.05, 3.63) is 69.8 Å². The van der Waals surface area contributed by atoms with Gasteiger partial charge < -0.3 is 4.90 Å². The Labute approximate surface area is 160 Å². The number of nitro groups is 1. The fraction of sp³-hybridized carbons (Fsp3) is 0.105. The van der Waals surface area contributed by atoms with Gasteiger partial charge in [-0.15, -0.1) is 0 Å². The fourth-order valence-electron chi connectivity index (χ4n) is 2.79. The molecule has 0 bridgehead atoms. The summed E-state index contributed by atoms with van der Waals surface area (Å²) in [6.07, 6.45) is 1.23. The van der Waals surface area contributed by atoms with Crippen LogP contribution in [0.4, 0.5) is 21.9 Å². The molecule has 2 aromatic carbocycles. The first-order valence-electron chi connectivity index (χ1n) is 8.22. The molecular weight excluding hydrogens is 364 g/mol. The Morgan fingerprint density at radius 1 is 1.07 bits per heavy atom. The number of barbiturate groups is 1. The van der Waals surface area contributed by atoms with E-state index in [1.54, 1.807) is 55.4 Å². The third-order valence-electron chi connectivity index (χ3n) is 4.11. The largest absolute Gasteiger partial charge is 0.372 e. The molecule has 1 heterocycles. The van der Waals surface area contributed by atoms with Crippen molar-refractivity contribution in [1.29, 1.82) is 0 Å². The SMILES string of the molecule is CN(C)c1ccc(C=C2C(=O)NC(=O)N(c3ccccc3)C2=O)cc1[N+](=O)[O-]. The van der Waals surface area contributed by atoms with Crippen molar-refractivity contribution in [3.63, 3.8) is 0 Å². The number of nitrogens with one attached hydrogen (secondary N) is 1. The molecule has 1 aliphatic rings. The number of carbonyl (C=O) groups excluding carboxylic acids is 3. The van der Waals surface area contributed by atoms with E-state index >= 15 is 0 Å². The average Bonchev–Trinajstić information content (AvgIpc) is 2.65. The molecule has 1 aliphatic heterocycles. The second kappa shape index (κ2) is 7.31. The van der Waals surface area contributed by atoms with Crippen molar-refractivity contribution < 1.29 is 19.3 Å². The van der Waals surface area contributed by atoms with E-state index in [1.807, 2.05) is 0 Å². The van der Waals surface area contributed by atoms with Crippen LogP contribution in [0.15, 0.2) is 54.1 Å². The highest BCUT2D eigenvalue weighted by atomic mass is 16.6. The second-order valence-corrected chi connectivity index (χ2v) is 6.19. The summed E-state index contributed by atoms with van der Waals surface area (Å²) in [6.45, 7) is 0. The number of hydrogen-bond donors (Lipinski definition) is 1. The number of imide groups is 2. The van der Waals surface area contributed by atoms with Crippen LogP contribution in [0, 0.1) is 10.1 Å². The molecule has 0 aliphatic carbocycles. The van der Waals surface area contributed by atoms with Gasteiger partial charge in [-0.2, -0.15) is 0 Å². The average molecular weight is 380 g/mol. The number of carbonyl (C=O) groups is 3. The molecule has 4 amide bonds. The molecule has 1 saturated heterocycles. The van der Waals surface area contributed by atoms with Gasteiger partial charge in [0.1, 0.15) is 11.3 Å². The molecule has 1 fully saturated rings. The summed E-state index contributed by atoms with van der Waals surface area (Å²) in [6, 6.07) is 11.6. The number of para-hydroxylation sites is 1. The van der Waals surface area contributed by atoms with Gasteiger partial charge in [-0.3, -0.25) is 25.0 Å². The summed E-state index contributed by atoms with van der Waals surface area (Å²) >= 11 is 0. The zero-order valence-electron chi connectivity index (χ0n) is 15.1. The number of anilines is 2. The molecule has 9 nitrogen and oxygen atoms in total. The number of benzene rings is 2. The number of amides is 4. The molecule has 0 saturated carbocycles. The Morgan fingerprint density at radius 2 is 1.75 bits per heavy atom. The van der Waals surface area contributed by atoms with Gasteiger partial charge in [0.05, 0.1) is 10.6 Å². The first-order chi connectivity index (χ1) is 13.3. The van der Waals surface area contributed by atoms with Crippen LogP contribution in [0.3, 0.4) is 0 Å². The van der Waals surface area contributed by atoms with E-state index in [1.165, 1.54) is 18.2 Å². The zero-order valence-corrected chi connectivity index (χ0v) is 15.1. The van der Waals surface area contributed by atoms with Crippen molar-refractivity contribution in [2.45, 2.75) is 0 Å². The topological polar surface area (TPSA) is 113 Å². The highest BCUT2D eigenvalue weighted by molar-refractivity contribution is 6.39. The van der Waals surface area contributed by atoms with Crippen LogP contribution in [0.2, 0.25) is 0 Å². The lowest BCUT2D eigenvalue weighted by Gasteiger charge is -2.26. The minimum absolute atomic E-state index is 0.168. The van der Waals surface area contributed by atoms with E-state index in [4.69, 9.17) is 0 Å². The predicted molar refractivity (Wildman–Crippen MR) is 103 cm³/mol. The first-order valence-corrected chi connectivity index (χ1v) is 8.22. The number of hydrogen-bond acceptors (Lipinski definition) is 6. The molecule has 0 spiro atoms. The summed E-state index contributed by atoms with van der Waals surface area (Å²) < 4.78 is 0. The molecule has 2 aromatic rings. The van der Waals surface area contributed by atoms with Gasteiger partial charge >= 0.3 is 6.03 Å². The molecule has 3 rings (SSSR count). The van der Waals surface area contributed by atoms with Gasteiger partial charge in [0, 0.05) is 20.2 Å². The third-order valence-corrected chi connectivity index (χ3v) is 4.11. The first kappa shape index (κ1) is 18.8. The van der Waals surface area contributed by atoms with Gasteiger partial charge in [-0.05, 0) is 29.8 Å². The van der Waals surface area contributed by atoms with E-state index in [0.29, 0.717) is 11.4 Å². The van der Waals surface area contributed by atoms with E-state index in [-0.39, 0.29) is 16.8 Å². The van der Waals surface area contributed by atoms with Crippen LogP contribution in [0.25, 0.3) is 6.08 Å². The third kappa shape index (κ3) is 3.45. The maximum absolute atomic E-state index is 12.8. The highest BCUT2D eigenvalue weighted by Crippen LogP contribution is 2.29. The zero-order chi connectivity index (χ0) is 20.4. The molecule has 0 unspecified atom stereocenters. The lowest BCUT2D eigenvalue weighted by Crippen LogP contribution is -2.54. The molecular formula is C19H16N4O5. The van der Waals surface area contributed by atoms with E-state index in [9.17, 15) is 24.5 Å². The fourth-order valence-corrected chi connectivity index (χ4v) is 2.79. The Morgan fingerprint density at radius 3 is 2.36 bits per heavy atom. The molecule has 142 valence electrons. The van der Waals surface area contributed by atoms with Gasteiger partial charge in [-0.25, -0.2) is 9.69 Å². The van der Waals surface area contributed by atoms with Gasteiger partial charge in [-0.1, -0.05) is 24.3 Å². The maximum Gasteiger partial charge on any atom is 0.335 e. The highest BCUT2D eigenvalue weighted by Gasteiger charge is 2.36. The Hall–Kier alpha value is -4.01. The van der Waals surface area contributed by atoms with Crippen molar-refractivity contribution in [3.8, 4) is 0 Å². The number of urea groups is 1. The number of rotatable bonds is 4. The predicted octanol–water partition coefficient (Wildman–Crippen LogP) is 2.33. The molecule has 28 heavy (non-hydrogen) atoms. The quantitative estimate of drug-likeness (QED) is 0.377. The van der Waals surface area contributed by atoms with Gasteiger partial charge in [0.2, 0.25) is 0 Å². The number of nitro benzene ring substituents is 1. The maximum atomic E-state index is 12.8. The molecule has 9 heteroatoms. The van der Waals surface area contributed by atoms with Crippen LogP contribution in [0.5, 0.6) is 0 Å². The standard InChI is InChI=1S/C19H16N4O5/c1-21(2)15-9-8-12(11-16(15)23(27)28)10-14-17(24)20-19(26)22(18(14)25)13-6-4-3-5-7-13/h3-11H,1-2H3,(H,20,24,26).